The lowest BCUT2D eigenvalue weighted by Crippen LogP contribution is -2.47. The van der Waals surface area contributed by atoms with Gasteiger partial charge < -0.3 is 16.0 Å². The number of nitrogens with one attached hydrogen (secondary N) is 1. The normalized spacial score (nSPS) is 15.4. The molecular weight excluding hydrogens is 230 g/mol. The van der Waals surface area contributed by atoms with E-state index in [1.165, 1.54) is 0 Å². The van der Waals surface area contributed by atoms with Gasteiger partial charge in [-0.1, -0.05) is 0 Å². The smallest absolute Gasteiger partial charge is 0.317 e. The molecule has 2 amide bonds. The number of nitrogens with zero attached hydrogens (tertiary/aromatic N) is 2. The Morgan fingerprint density at radius 1 is 1.44 bits per heavy atom. The van der Waals surface area contributed by atoms with Gasteiger partial charge in [-0.3, -0.25) is 4.67 Å². The number of carbonyl (C=O) groups excluding carboxylic acids is 1. The summed E-state index contributed by atoms with van der Waals surface area (Å²) in [7, 11) is 2.63. The fourth-order valence-corrected chi connectivity index (χ4v) is 1.20. The summed E-state index contributed by atoms with van der Waals surface area (Å²) >= 11 is 0. The Hall–Kier alpha value is -0.450. The molecule has 0 aromatic heterocycles. The predicted octanol–water partition coefficient (Wildman–Crippen LogP) is 0.773. The van der Waals surface area contributed by atoms with Gasteiger partial charge in [-0.25, -0.2) is 8.99 Å². The average Bonchev–Trinajstić information content (AvgIpc) is 2.32. The summed E-state index contributed by atoms with van der Waals surface area (Å²) in [5.74, 6) is 0. The van der Waals surface area contributed by atoms with E-state index in [2.05, 4.69) is 5.32 Å². The van der Waals surface area contributed by atoms with Crippen molar-refractivity contribution >= 4 is 15.1 Å². The van der Waals surface area contributed by atoms with E-state index in [0.29, 0.717) is 13.1 Å². The topological polar surface area (TPSA) is 61.6 Å². The molecule has 96 valence electrons. The number of nitrogens with two attached hydrogens (primary N) is 1. The Morgan fingerprint density at radius 3 is 2.44 bits per heavy atom. The number of urea groups is 1. The zero-order valence-electron chi connectivity index (χ0n) is 10.3. The molecule has 0 saturated carbocycles. The Morgan fingerprint density at radius 2 is 2.00 bits per heavy atom. The van der Waals surface area contributed by atoms with Gasteiger partial charge in [0.2, 0.25) is 0 Å². The van der Waals surface area contributed by atoms with Gasteiger partial charge in [-0.15, -0.1) is 0 Å². The third-order valence-electron chi connectivity index (χ3n) is 2.67. The van der Waals surface area contributed by atoms with Crippen molar-refractivity contribution in [2.45, 2.75) is 25.9 Å². The first-order chi connectivity index (χ1) is 7.43. The molecule has 0 spiro atoms. The van der Waals surface area contributed by atoms with Crippen LogP contribution < -0.4 is 11.1 Å². The molecule has 0 fully saturated rings. The first-order valence-corrected chi connectivity index (χ1v) is 6.06. The quantitative estimate of drug-likeness (QED) is 0.686. The lowest BCUT2D eigenvalue weighted by Gasteiger charge is -2.26. The summed E-state index contributed by atoms with van der Waals surface area (Å²) < 4.78 is 13.9. The Labute approximate surface area is 98.5 Å². The van der Waals surface area contributed by atoms with Crippen LogP contribution in [0.2, 0.25) is 0 Å². The molecule has 0 rings (SSSR count). The van der Waals surface area contributed by atoms with Crippen LogP contribution >= 0.6 is 9.04 Å². The third-order valence-corrected chi connectivity index (χ3v) is 3.37. The second-order valence-electron chi connectivity index (χ2n) is 3.93. The van der Waals surface area contributed by atoms with Crippen molar-refractivity contribution in [1.82, 2.24) is 14.9 Å². The van der Waals surface area contributed by atoms with Gasteiger partial charge in [0.25, 0.3) is 0 Å². The van der Waals surface area contributed by atoms with Crippen LogP contribution in [0.25, 0.3) is 0 Å². The number of rotatable bonds is 6. The number of halogens is 1. The lowest BCUT2D eigenvalue weighted by molar-refractivity contribution is 0.193. The zero-order valence-corrected chi connectivity index (χ0v) is 11.3. The van der Waals surface area contributed by atoms with Crippen LogP contribution in [-0.4, -0.2) is 54.9 Å². The largest absolute Gasteiger partial charge is 0.336 e. The fraction of sp³-hybridized carbons (Fsp3) is 0.889. The summed E-state index contributed by atoms with van der Waals surface area (Å²) in [6, 6.07) is -0.203. The minimum atomic E-state index is -0.746. The molecule has 0 aliphatic carbocycles. The van der Waals surface area contributed by atoms with Crippen molar-refractivity contribution in [3.05, 3.63) is 0 Å². The highest BCUT2D eigenvalue weighted by molar-refractivity contribution is 7.28. The maximum atomic E-state index is 12.3. The van der Waals surface area contributed by atoms with Gasteiger partial charge in [0, 0.05) is 32.2 Å². The van der Waals surface area contributed by atoms with Gasteiger partial charge in [0.15, 0.2) is 0 Å². The second-order valence-corrected chi connectivity index (χ2v) is 4.80. The standard InChI is InChI=1S/C9H22FN4OP/c1-7(5-11)13(3)9(15)12-6-8(2)14(4)16-10/h7-8,16H,5-6,11H2,1-4H3,(H,12,15). The van der Waals surface area contributed by atoms with Crippen molar-refractivity contribution < 1.29 is 8.99 Å². The van der Waals surface area contributed by atoms with E-state index in [9.17, 15) is 8.99 Å². The van der Waals surface area contributed by atoms with E-state index >= 15 is 0 Å². The van der Waals surface area contributed by atoms with Crippen molar-refractivity contribution in [2.75, 3.05) is 27.2 Å². The molecule has 0 saturated heterocycles. The number of carbonyl (C=O) groups is 1. The first kappa shape index (κ1) is 15.6. The highest BCUT2D eigenvalue weighted by Crippen LogP contribution is 2.18. The van der Waals surface area contributed by atoms with E-state index < -0.39 is 9.04 Å². The molecule has 3 unspecified atom stereocenters. The summed E-state index contributed by atoms with van der Waals surface area (Å²) in [5, 5.41) is 2.74. The van der Waals surface area contributed by atoms with Crippen LogP contribution in [0.15, 0.2) is 0 Å². The maximum absolute atomic E-state index is 12.3. The molecule has 7 heteroatoms. The Kier molecular flexibility index (Phi) is 7.55. The van der Waals surface area contributed by atoms with Crippen LogP contribution in [0.5, 0.6) is 0 Å². The molecular formula is C9H22FN4OP. The molecule has 3 atom stereocenters. The SMILES string of the molecule is CC(CNC(=O)N(C)C(C)CN)N(C)PF. The summed E-state index contributed by atoms with van der Waals surface area (Å²) in [6.07, 6.45) is 0. The number of hydrogen-bond acceptors (Lipinski definition) is 3. The van der Waals surface area contributed by atoms with Gasteiger partial charge in [-0.05, 0) is 20.9 Å². The van der Waals surface area contributed by atoms with Gasteiger partial charge >= 0.3 is 6.03 Å². The molecule has 0 bridgehead atoms. The van der Waals surface area contributed by atoms with E-state index in [1.807, 2.05) is 13.8 Å². The summed E-state index contributed by atoms with van der Waals surface area (Å²) in [6.45, 7) is 4.58. The van der Waals surface area contributed by atoms with Gasteiger partial charge in [-0.2, -0.15) is 0 Å². The van der Waals surface area contributed by atoms with Crippen molar-refractivity contribution in [1.29, 1.82) is 0 Å². The van der Waals surface area contributed by atoms with Crippen molar-refractivity contribution in [3.63, 3.8) is 0 Å². The van der Waals surface area contributed by atoms with Crippen LogP contribution in [0.4, 0.5) is 8.99 Å². The second kappa shape index (κ2) is 7.76. The van der Waals surface area contributed by atoms with Crippen LogP contribution in [0, 0.1) is 0 Å². The maximum Gasteiger partial charge on any atom is 0.317 e. The van der Waals surface area contributed by atoms with Crippen LogP contribution in [0.1, 0.15) is 13.8 Å². The monoisotopic (exact) mass is 252 g/mol. The Bertz CT molecular complexity index is 220. The summed E-state index contributed by atoms with van der Waals surface area (Å²) in [5.41, 5.74) is 5.46. The van der Waals surface area contributed by atoms with E-state index in [4.69, 9.17) is 5.73 Å². The van der Waals surface area contributed by atoms with Crippen molar-refractivity contribution in [3.8, 4) is 0 Å². The van der Waals surface area contributed by atoms with Crippen LogP contribution in [-0.2, 0) is 0 Å². The minimum absolute atomic E-state index is 0.00362. The highest BCUT2D eigenvalue weighted by Gasteiger charge is 2.16. The fourth-order valence-electron chi connectivity index (χ4n) is 0.938. The third kappa shape index (κ3) is 5.05. The minimum Gasteiger partial charge on any atom is -0.336 e. The number of hydrogen-bond donors (Lipinski definition) is 2. The van der Waals surface area contributed by atoms with Gasteiger partial charge in [0.05, 0.1) is 0 Å². The molecule has 16 heavy (non-hydrogen) atoms. The molecule has 0 radical (unpaired) electrons. The molecule has 0 aromatic rings. The molecule has 0 aromatic carbocycles. The first-order valence-electron chi connectivity index (χ1n) is 5.23. The average molecular weight is 252 g/mol. The van der Waals surface area contributed by atoms with Gasteiger partial charge in [0.1, 0.15) is 9.04 Å². The van der Waals surface area contributed by atoms with E-state index in [0.717, 1.165) is 0 Å². The molecule has 5 nitrogen and oxygen atoms in total. The molecule has 0 aliphatic rings. The molecule has 0 heterocycles. The molecule has 3 N–H and O–H groups in total. The van der Waals surface area contributed by atoms with E-state index in [-0.39, 0.29) is 18.1 Å². The summed E-state index contributed by atoms with van der Waals surface area (Å²) in [4.78, 5) is 13.2. The highest BCUT2D eigenvalue weighted by atomic mass is 31.1. The lowest BCUT2D eigenvalue weighted by atomic mass is 10.3. The van der Waals surface area contributed by atoms with E-state index in [1.54, 1.807) is 23.7 Å². The van der Waals surface area contributed by atoms with Crippen molar-refractivity contribution in [2.24, 2.45) is 5.73 Å². The zero-order chi connectivity index (χ0) is 12.7. The predicted molar refractivity (Wildman–Crippen MR) is 66.3 cm³/mol. The molecule has 0 aliphatic heterocycles. The number of likely N-dealkylation sites (N-methyl/N-ethyl adjacent to an activating group) is 2. The number of amides is 2. The van der Waals surface area contributed by atoms with Crippen LogP contribution in [0.3, 0.4) is 0 Å². The Balaban J connectivity index is 3.97.